The molecule has 3 fully saturated rings. The summed E-state index contributed by atoms with van der Waals surface area (Å²) in [4.78, 5) is 56.6. The number of carbonyl (C=O) groups is 3. The van der Waals surface area contributed by atoms with E-state index in [-0.39, 0.29) is 42.0 Å². The smallest absolute Gasteiger partial charge is 0.410 e. The Morgan fingerprint density at radius 2 is 1.84 bits per heavy atom. The number of hydrogen-bond donors (Lipinski definition) is 2. The van der Waals surface area contributed by atoms with E-state index in [1.165, 1.54) is 7.11 Å². The topological polar surface area (TPSA) is 148 Å². The van der Waals surface area contributed by atoms with E-state index in [1.54, 1.807) is 12.0 Å². The number of benzene rings is 3. The maximum Gasteiger partial charge on any atom is 0.410 e. The van der Waals surface area contributed by atoms with E-state index in [0.29, 0.717) is 32.1 Å². The van der Waals surface area contributed by atoms with Crippen LogP contribution >= 0.6 is 0 Å². The van der Waals surface area contributed by atoms with Gasteiger partial charge < -0.3 is 34.1 Å². The van der Waals surface area contributed by atoms with Crippen LogP contribution in [0.1, 0.15) is 76.9 Å². The van der Waals surface area contributed by atoms with E-state index >= 15 is 0 Å². The van der Waals surface area contributed by atoms with Gasteiger partial charge in [-0.05, 0) is 109 Å². The summed E-state index contributed by atoms with van der Waals surface area (Å²) in [5.41, 5.74) is 7.58. The first kappa shape index (κ1) is 38.1. The SMILES string of the molecule is COC[C@H]1C[C@@H](c2ncc(-c3ccc4c(c3)COc3cc5c6c(ccc5cc3-4)N=C([C@@H]3C[C@@H]4C[C@@H]4N3C(=O)[C@@H](NC(=O)OC)C(C)C)C6)[nH]2)N(C(=O)OC(C)(C)C)C1. The molecule has 13 nitrogen and oxygen atoms in total. The monoisotopic (exact) mass is 788 g/mol. The lowest BCUT2D eigenvalue weighted by atomic mass is 9.90. The highest BCUT2D eigenvalue weighted by molar-refractivity contribution is 6.07. The van der Waals surface area contributed by atoms with Gasteiger partial charge in [0.25, 0.3) is 0 Å². The number of H-pyrrole nitrogens is 1. The van der Waals surface area contributed by atoms with Gasteiger partial charge in [0.05, 0.1) is 43.4 Å². The number of nitrogens with one attached hydrogen (secondary N) is 2. The maximum absolute atomic E-state index is 14.0. The number of aromatic nitrogens is 2. The van der Waals surface area contributed by atoms with E-state index in [9.17, 15) is 14.4 Å². The minimum absolute atomic E-state index is 0.0640. The third-order valence-corrected chi connectivity index (χ3v) is 12.4. The molecule has 2 N–H and O–H groups in total. The molecule has 4 aromatic rings. The summed E-state index contributed by atoms with van der Waals surface area (Å²) in [5.74, 6) is 2.06. The summed E-state index contributed by atoms with van der Waals surface area (Å²) in [6, 6.07) is 14.2. The highest BCUT2D eigenvalue weighted by Crippen LogP contribution is 2.51. The van der Waals surface area contributed by atoms with Crippen molar-refractivity contribution in [3.05, 3.63) is 65.6 Å². The Labute approximate surface area is 338 Å². The number of aromatic amines is 1. The highest BCUT2D eigenvalue weighted by Gasteiger charge is 2.56. The van der Waals surface area contributed by atoms with Crippen molar-refractivity contribution in [1.29, 1.82) is 0 Å². The van der Waals surface area contributed by atoms with Crippen LogP contribution in [0.5, 0.6) is 5.75 Å². The molecule has 4 aliphatic heterocycles. The number of likely N-dealkylation sites (tertiary alicyclic amines) is 2. The van der Waals surface area contributed by atoms with Gasteiger partial charge >= 0.3 is 12.2 Å². The summed E-state index contributed by atoms with van der Waals surface area (Å²) < 4.78 is 22.5. The molecule has 2 saturated heterocycles. The number of alkyl carbamates (subject to hydrolysis) is 1. The molecule has 0 spiro atoms. The zero-order valence-corrected chi connectivity index (χ0v) is 34.3. The molecule has 3 amide bonds. The van der Waals surface area contributed by atoms with Crippen molar-refractivity contribution in [2.75, 3.05) is 27.4 Å². The number of fused-ring (bicyclic) bond motifs is 7. The van der Waals surface area contributed by atoms with E-state index < -0.39 is 17.7 Å². The van der Waals surface area contributed by atoms with E-state index in [2.05, 4.69) is 52.8 Å². The molecule has 0 unspecified atom stereocenters. The van der Waals surface area contributed by atoms with Crippen LogP contribution in [0.3, 0.4) is 0 Å². The van der Waals surface area contributed by atoms with Gasteiger partial charge in [0, 0.05) is 43.3 Å². The van der Waals surface area contributed by atoms with Gasteiger partial charge in [0.1, 0.15) is 29.8 Å². The van der Waals surface area contributed by atoms with Crippen molar-refractivity contribution >= 4 is 40.3 Å². The normalized spacial score (nSPS) is 23.4. The second-order valence-electron chi connectivity index (χ2n) is 17.9. The number of methoxy groups -OCH3 is 2. The Kier molecular flexibility index (Phi) is 9.49. The number of aliphatic imine (C=N–C) groups is 1. The van der Waals surface area contributed by atoms with Crippen molar-refractivity contribution in [2.45, 2.75) is 96.7 Å². The van der Waals surface area contributed by atoms with Crippen LogP contribution in [0.4, 0.5) is 15.3 Å². The van der Waals surface area contributed by atoms with Gasteiger partial charge in [-0.3, -0.25) is 14.7 Å². The maximum atomic E-state index is 14.0. The summed E-state index contributed by atoms with van der Waals surface area (Å²) in [6.07, 6.45) is 4.16. The number of piperidine rings is 1. The first-order chi connectivity index (χ1) is 27.8. The Hall–Kier alpha value is -5.43. The molecule has 58 heavy (non-hydrogen) atoms. The average molecular weight is 789 g/mol. The quantitative estimate of drug-likeness (QED) is 0.184. The second kappa shape index (κ2) is 14.4. The molecule has 0 bridgehead atoms. The first-order valence-electron chi connectivity index (χ1n) is 20.4. The zero-order chi connectivity index (χ0) is 40.6. The van der Waals surface area contributed by atoms with Gasteiger partial charge in [-0.2, -0.15) is 0 Å². The fraction of sp³-hybridized carbons (Fsp3) is 0.489. The minimum atomic E-state index is -0.665. The van der Waals surface area contributed by atoms with Gasteiger partial charge in [-0.1, -0.05) is 32.0 Å². The zero-order valence-electron chi connectivity index (χ0n) is 34.3. The number of imidazole rings is 1. The molecule has 9 rings (SSSR count). The van der Waals surface area contributed by atoms with Crippen molar-refractivity contribution < 1.29 is 33.3 Å². The van der Waals surface area contributed by atoms with Gasteiger partial charge in [0.15, 0.2) is 0 Å². The summed E-state index contributed by atoms with van der Waals surface area (Å²) >= 11 is 0. The molecule has 304 valence electrons. The molecule has 1 saturated carbocycles. The largest absolute Gasteiger partial charge is 0.488 e. The van der Waals surface area contributed by atoms with Crippen LogP contribution in [0.25, 0.3) is 33.2 Å². The van der Waals surface area contributed by atoms with Crippen molar-refractivity contribution in [3.63, 3.8) is 0 Å². The average Bonchev–Trinajstić information content (AvgIpc) is 3.66. The lowest BCUT2D eigenvalue weighted by molar-refractivity contribution is -0.135. The summed E-state index contributed by atoms with van der Waals surface area (Å²) in [7, 11) is 3.00. The Bertz CT molecular complexity index is 2340. The molecular formula is C45H52N6O7. The fourth-order valence-electron chi connectivity index (χ4n) is 9.53. The van der Waals surface area contributed by atoms with E-state index in [4.69, 9.17) is 28.9 Å². The van der Waals surface area contributed by atoms with Crippen molar-refractivity contribution in [2.24, 2.45) is 22.7 Å². The van der Waals surface area contributed by atoms with Crippen LogP contribution in [0.2, 0.25) is 0 Å². The Morgan fingerprint density at radius 3 is 2.60 bits per heavy atom. The molecule has 13 heteroatoms. The summed E-state index contributed by atoms with van der Waals surface area (Å²) in [5, 5.41) is 4.99. The van der Waals surface area contributed by atoms with Crippen LogP contribution in [-0.2, 0) is 32.0 Å². The Balaban J connectivity index is 0.945. The second-order valence-corrected chi connectivity index (χ2v) is 17.9. The minimum Gasteiger partial charge on any atom is -0.488 e. The van der Waals surface area contributed by atoms with Crippen LogP contribution in [-0.4, -0.2) is 94.7 Å². The third kappa shape index (κ3) is 6.86. The number of ether oxygens (including phenoxy) is 4. The lowest BCUT2D eigenvalue weighted by Crippen LogP contribution is -2.55. The van der Waals surface area contributed by atoms with Crippen LogP contribution in [0, 0.1) is 17.8 Å². The Morgan fingerprint density at radius 1 is 1.02 bits per heavy atom. The van der Waals surface area contributed by atoms with Crippen LogP contribution < -0.4 is 10.1 Å². The van der Waals surface area contributed by atoms with E-state index in [0.717, 1.165) is 86.5 Å². The molecule has 5 aliphatic rings. The molecule has 5 heterocycles. The van der Waals surface area contributed by atoms with E-state index in [1.807, 2.05) is 45.7 Å². The fourth-order valence-corrected chi connectivity index (χ4v) is 9.53. The van der Waals surface area contributed by atoms with Crippen LogP contribution in [0.15, 0.2) is 53.7 Å². The molecule has 0 radical (unpaired) electrons. The standard InChI is InChI=1S/C45H52N6O7/c1-23(2)40(49-43(53)56-7)42(52)51-36-15-27(36)16-37(51)34-17-31-30-18-39-32(14-25(30)9-11-33(31)47-34)29-10-8-26(13-28(29)22-57-39)35-19-46-41(48-35)38-12-24(21-55-6)20-50(38)44(54)58-45(3,4)5/h8-11,13-14,18-19,23-24,27,36-38,40H,12,15-17,20-22H2,1-7H3,(H,46,48)(H,49,53)/t24-,27-,36-,37-,38-,40-/m0/s1. The highest BCUT2D eigenvalue weighted by atomic mass is 16.6. The number of amides is 3. The van der Waals surface area contributed by atoms with Crippen molar-refractivity contribution in [1.82, 2.24) is 25.1 Å². The van der Waals surface area contributed by atoms with Gasteiger partial charge in [-0.25, -0.2) is 14.6 Å². The molecule has 1 aliphatic carbocycles. The number of rotatable bonds is 8. The molecule has 6 atom stereocenters. The predicted molar refractivity (Wildman–Crippen MR) is 219 cm³/mol. The lowest BCUT2D eigenvalue weighted by Gasteiger charge is -2.33. The number of carbonyl (C=O) groups excluding carboxylic acids is 3. The molecule has 1 aromatic heterocycles. The molecular weight excluding hydrogens is 737 g/mol. The van der Waals surface area contributed by atoms with Crippen molar-refractivity contribution in [3.8, 4) is 28.1 Å². The van der Waals surface area contributed by atoms with Gasteiger partial charge in [-0.15, -0.1) is 0 Å². The third-order valence-electron chi connectivity index (χ3n) is 12.4. The predicted octanol–water partition coefficient (Wildman–Crippen LogP) is 7.73. The molecule has 3 aromatic carbocycles. The van der Waals surface area contributed by atoms with Gasteiger partial charge in [0.2, 0.25) is 5.91 Å². The number of hydrogen-bond acceptors (Lipinski definition) is 9. The summed E-state index contributed by atoms with van der Waals surface area (Å²) in [6.45, 7) is 11.0. The number of nitrogens with zero attached hydrogens (tertiary/aromatic N) is 4. The first-order valence-corrected chi connectivity index (χ1v) is 20.4.